The molecule has 0 atom stereocenters. The van der Waals surface area contributed by atoms with Crippen molar-refractivity contribution in [2.45, 2.75) is 6.42 Å². The van der Waals surface area contributed by atoms with Gasteiger partial charge in [0.05, 0.1) is 12.9 Å². The van der Waals surface area contributed by atoms with E-state index in [0.717, 1.165) is 0 Å². The zero-order valence-corrected chi connectivity index (χ0v) is 11.5. The summed E-state index contributed by atoms with van der Waals surface area (Å²) in [7, 11) is 0. The lowest BCUT2D eigenvalue weighted by molar-refractivity contribution is -0.135. The number of nitrogens with zero attached hydrogens (tertiary/aromatic N) is 3. The summed E-state index contributed by atoms with van der Waals surface area (Å²) >= 11 is 0. The molecule has 11 nitrogen and oxygen atoms in total. The number of nitrogens with two attached hydrogens (primary N) is 2. The Balaban J connectivity index is 0. The number of carboxylic acid groups (broad SMARTS) is 1. The maximum Gasteiger partial charge on any atom is 0.325 e. The van der Waals surface area contributed by atoms with Crippen LogP contribution in [-0.4, -0.2) is 67.3 Å². The molecule has 0 bridgehead atoms. The Kier molecular flexibility index (Phi) is 13.7. The normalized spacial score (nSPS) is 11.9. The maximum absolute atomic E-state index is 10.5. The van der Waals surface area contributed by atoms with Gasteiger partial charge in [0.2, 0.25) is 5.96 Å². The standard InChI is InChI=1S/C10H19N7O3.H2O/c11-2-1-3-14-9(12)17-10(15-6-8(19)20)16-7-13-4-5-18;/h5,7H,1-4,6,11H2,(H,19,20)(H4,12,13,14,15,16,17);1H2. The van der Waals surface area contributed by atoms with Crippen molar-refractivity contribution in [3.8, 4) is 0 Å². The monoisotopic (exact) mass is 303 g/mol. The first kappa shape index (κ1) is 20.8. The van der Waals surface area contributed by atoms with Crippen molar-refractivity contribution >= 4 is 30.5 Å². The maximum atomic E-state index is 10.5. The number of nitrogens with one attached hydrogen (secondary N) is 2. The van der Waals surface area contributed by atoms with Gasteiger partial charge in [-0.15, -0.1) is 0 Å². The number of aliphatic imine (C=N–C) groups is 3. The molecule has 120 valence electrons. The van der Waals surface area contributed by atoms with Crippen molar-refractivity contribution in [2.24, 2.45) is 26.4 Å². The van der Waals surface area contributed by atoms with Crippen LogP contribution in [0.4, 0.5) is 0 Å². The van der Waals surface area contributed by atoms with E-state index < -0.39 is 12.5 Å². The number of rotatable bonds is 8. The fraction of sp³-hybridized carbons (Fsp3) is 0.500. The van der Waals surface area contributed by atoms with Crippen molar-refractivity contribution in [3.05, 3.63) is 0 Å². The summed E-state index contributed by atoms with van der Waals surface area (Å²) in [6.45, 7) is 0.473. The first-order valence-electron chi connectivity index (χ1n) is 5.81. The van der Waals surface area contributed by atoms with Crippen LogP contribution in [0.5, 0.6) is 0 Å². The van der Waals surface area contributed by atoms with Gasteiger partial charge in [-0.25, -0.2) is 4.99 Å². The molecule has 0 radical (unpaired) electrons. The first-order chi connectivity index (χ1) is 9.60. The lowest BCUT2D eigenvalue weighted by Gasteiger charge is -2.08. The summed E-state index contributed by atoms with van der Waals surface area (Å²) in [6, 6.07) is 0. The third-order valence-electron chi connectivity index (χ3n) is 1.74. The molecule has 0 aromatic rings. The summed E-state index contributed by atoms with van der Waals surface area (Å²) < 4.78 is 0. The molecule has 0 aromatic carbocycles. The Hall–Kier alpha value is -2.53. The van der Waals surface area contributed by atoms with Crippen LogP contribution < -0.4 is 22.1 Å². The smallest absolute Gasteiger partial charge is 0.325 e. The molecule has 11 heteroatoms. The average molecular weight is 303 g/mol. The van der Waals surface area contributed by atoms with Crippen LogP contribution in [0.3, 0.4) is 0 Å². The number of aldehydes is 1. The third kappa shape index (κ3) is 13.7. The molecule has 0 saturated carbocycles. The fourth-order valence-corrected chi connectivity index (χ4v) is 0.922. The van der Waals surface area contributed by atoms with Crippen LogP contribution in [0, 0.1) is 0 Å². The van der Waals surface area contributed by atoms with Crippen LogP contribution in [0.15, 0.2) is 15.0 Å². The first-order valence-corrected chi connectivity index (χ1v) is 5.81. The zero-order chi connectivity index (χ0) is 15.2. The molecule has 0 heterocycles. The van der Waals surface area contributed by atoms with Crippen molar-refractivity contribution < 1.29 is 20.2 Å². The van der Waals surface area contributed by atoms with E-state index in [4.69, 9.17) is 16.6 Å². The predicted octanol–water partition coefficient (Wildman–Crippen LogP) is -3.33. The van der Waals surface area contributed by atoms with Crippen LogP contribution in [0.25, 0.3) is 0 Å². The van der Waals surface area contributed by atoms with E-state index in [1.54, 1.807) is 0 Å². The highest BCUT2D eigenvalue weighted by molar-refractivity contribution is 6.02. The van der Waals surface area contributed by atoms with E-state index in [-0.39, 0.29) is 23.9 Å². The Morgan fingerprint density at radius 2 is 2.05 bits per heavy atom. The fourth-order valence-electron chi connectivity index (χ4n) is 0.922. The molecular weight excluding hydrogens is 282 g/mol. The number of carboxylic acids is 1. The number of carbonyl (C=O) groups excluding carboxylic acids is 1. The molecule has 0 aliphatic carbocycles. The largest absolute Gasteiger partial charge is 0.480 e. The van der Waals surface area contributed by atoms with Crippen LogP contribution in [0.2, 0.25) is 0 Å². The topological polar surface area (TPSA) is 199 Å². The molecule has 0 aliphatic heterocycles. The second-order valence-corrected chi connectivity index (χ2v) is 3.40. The summed E-state index contributed by atoms with van der Waals surface area (Å²) in [5, 5.41) is 13.7. The van der Waals surface area contributed by atoms with Crippen molar-refractivity contribution in [1.29, 1.82) is 0 Å². The minimum absolute atomic E-state index is 0. The Morgan fingerprint density at radius 3 is 2.62 bits per heavy atom. The molecule has 0 aliphatic rings. The quantitative estimate of drug-likeness (QED) is 0.133. The molecule has 0 amide bonds. The molecule has 0 aromatic heterocycles. The summed E-state index contributed by atoms with van der Waals surface area (Å²) in [4.78, 5) is 31.9. The zero-order valence-electron chi connectivity index (χ0n) is 11.5. The average Bonchev–Trinajstić information content (AvgIpc) is 2.40. The van der Waals surface area contributed by atoms with Gasteiger partial charge < -0.3 is 32.2 Å². The van der Waals surface area contributed by atoms with Crippen molar-refractivity contribution in [3.63, 3.8) is 0 Å². The molecule has 0 spiro atoms. The Morgan fingerprint density at radius 1 is 1.33 bits per heavy atom. The molecule has 0 unspecified atom stereocenters. The second kappa shape index (κ2) is 13.9. The van der Waals surface area contributed by atoms with Crippen LogP contribution >= 0.6 is 0 Å². The number of guanidine groups is 2. The summed E-state index contributed by atoms with van der Waals surface area (Å²) in [5.74, 6) is -0.968. The minimum Gasteiger partial charge on any atom is -0.480 e. The van der Waals surface area contributed by atoms with E-state index >= 15 is 0 Å². The van der Waals surface area contributed by atoms with Gasteiger partial charge in [-0.3, -0.25) is 20.1 Å². The van der Waals surface area contributed by atoms with Gasteiger partial charge in [0.25, 0.3) is 0 Å². The SMILES string of the molecule is NCCCN=C(N)NC(=NCC(=O)O)NC=NCC=O.O. The lowest BCUT2D eigenvalue weighted by atomic mass is 10.4. The van der Waals surface area contributed by atoms with E-state index in [1.807, 2.05) is 0 Å². The third-order valence-corrected chi connectivity index (χ3v) is 1.74. The number of hydrogen-bond donors (Lipinski definition) is 5. The van der Waals surface area contributed by atoms with Crippen molar-refractivity contribution in [2.75, 3.05) is 26.2 Å². The van der Waals surface area contributed by atoms with E-state index in [0.29, 0.717) is 25.8 Å². The van der Waals surface area contributed by atoms with E-state index in [2.05, 4.69) is 25.6 Å². The van der Waals surface area contributed by atoms with Crippen LogP contribution in [-0.2, 0) is 9.59 Å². The van der Waals surface area contributed by atoms with Gasteiger partial charge in [0.15, 0.2) is 5.96 Å². The van der Waals surface area contributed by atoms with E-state index in [9.17, 15) is 9.59 Å². The number of aliphatic carboxylic acids is 1. The van der Waals surface area contributed by atoms with Gasteiger partial charge in [0, 0.05) is 6.54 Å². The highest BCUT2D eigenvalue weighted by atomic mass is 16.4. The van der Waals surface area contributed by atoms with Gasteiger partial charge >= 0.3 is 5.97 Å². The van der Waals surface area contributed by atoms with Gasteiger partial charge in [-0.05, 0) is 13.0 Å². The lowest BCUT2D eigenvalue weighted by Crippen LogP contribution is -2.44. The molecule has 21 heavy (non-hydrogen) atoms. The highest BCUT2D eigenvalue weighted by Gasteiger charge is 2.01. The van der Waals surface area contributed by atoms with Crippen molar-refractivity contribution in [1.82, 2.24) is 10.6 Å². The molecule has 0 saturated heterocycles. The summed E-state index contributed by atoms with van der Waals surface area (Å²) in [6.07, 6.45) is 2.50. The van der Waals surface area contributed by atoms with Gasteiger partial charge in [0.1, 0.15) is 12.8 Å². The minimum atomic E-state index is -1.10. The van der Waals surface area contributed by atoms with Crippen LogP contribution in [0.1, 0.15) is 6.42 Å². The molecule has 9 N–H and O–H groups in total. The Bertz CT molecular complexity index is 395. The molecule has 0 rings (SSSR count). The second-order valence-electron chi connectivity index (χ2n) is 3.40. The summed E-state index contributed by atoms with van der Waals surface area (Å²) in [5.41, 5.74) is 10.9. The molecular formula is C10H21N7O4. The van der Waals surface area contributed by atoms with Gasteiger partial charge in [-0.1, -0.05) is 0 Å². The number of carbonyl (C=O) groups is 2. The highest BCUT2D eigenvalue weighted by Crippen LogP contribution is 1.78. The van der Waals surface area contributed by atoms with E-state index in [1.165, 1.54) is 6.34 Å². The predicted molar refractivity (Wildman–Crippen MR) is 79.4 cm³/mol. The van der Waals surface area contributed by atoms with Gasteiger partial charge in [-0.2, -0.15) is 0 Å². The number of hydrogen-bond acceptors (Lipinski definition) is 6. The Labute approximate surface area is 121 Å². The molecule has 0 fully saturated rings.